The lowest BCUT2D eigenvalue weighted by atomic mass is 9.99. The fraction of sp³-hybridized carbons (Fsp3) is 0.333. The van der Waals surface area contributed by atoms with Gasteiger partial charge in [0.05, 0.1) is 18.2 Å². The highest BCUT2D eigenvalue weighted by atomic mass is 19.1. The van der Waals surface area contributed by atoms with Crippen LogP contribution in [0, 0.1) is 19.7 Å². The van der Waals surface area contributed by atoms with E-state index >= 15 is 0 Å². The number of carboxylic acid groups (broad SMARTS) is 1. The van der Waals surface area contributed by atoms with Gasteiger partial charge in [0, 0.05) is 6.54 Å². The monoisotopic (exact) mass is 371 g/mol. The van der Waals surface area contributed by atoms with Crippen molar-refractivity contribution >= 4 is 11.9 Å². The van der Waals surface area contributed by atoms with E-state index in [0.29, 0.717) is 5.56 Å². The third kappa shape index (κ3) is 4.01. The minimum absolute atomic E-state index is 0.0687. The Morgan fingerprint density at radius 1 is 1.07 bits per heavy atom. The highest BCUT2D eigenvalue weighted by molar-refractivity contribution is 5.95. The first-order chi connectivity index (χ1) is 12.8. The van der Waals surface area contributed by atoms with Gasteiger partial charge in [-0.15, -0.1) is 0 Å². The van der Waals surface area contributed by atoms with Crippen molar-refractivity contribution in [2.75, 3.05) is 13.1 Å². The Balaban J connectivity index is 1.85. The summed E-state index contributed by atoms with van der Waals surface area (Å²) < 4.78 is 20.0. The molecule has 0 saturated carbocycles. The lowest BCUT2D eigenvalue weighted by Crippen LogP contribution is -2.51. The Hall–Kier alpha value is -2.73. The third-order valence-electron chi connectivity index (χ3n) is 4.86. The molecule has 1 fully saturated rings. The molecule has 0 spiro atoms. The van der Waals surface area contributed by atoms with E-state index in [4.69, 9.17) is 9.84 Å². The van der Waals surface area contributed by atoms with Crippen molar-refractivity contribution in [3.8, 4) is 11.1 Å². The van der Waals surface area contributed by atoms with Crippen LogP contribution in [-0.2, 0) is 9.53 Å². The van der Waals surface area contributed by atoms with Crippen LogP contribution in [0.4, 0.5) is 4.39 Å². The van der Waals surface area contributed by atoms with E-state index in [1.807, 2.05) is 32.0 Å². The minimum atomic E-state index is -1.13. The van der Waals surface area contributed by atoms with E-state index < -0.39 is 29.9 Å². The van der Waals surface area contributed by atoms with Crippen LogP contribution in [0.15, 0.2) is 36.4 Å². The number of aliphatic carboxylic acids is 1. The maximum absolute atomic E-state index is 14.7. The van der Waals surface area contributed by atoms with Crippen molar-refractivity contribution in [2.45, 2.75) is 33.0 Å². The van der Waals surface area contributed by atoms with Gasteiger partial charge in [-0.1, -0.05) is 24.3 Å². The SMILES string of the molecule is Cc1ccc(-c2ccc(C(=O)N3CC(C(=O)O)O[C@H](C)C3)c(F)c2)cc1C. The van der Waals surface area contributed by atoms with Gasteiger partial charge < -0.3 is 14.7 Å². The lowest BCUT2D eigenvalue weighted by molar-refractivity contribution is -0.160. The summed E-state index contributed by atoms with van der Waals surface area (Å²) in [7, 11) is 0. The smallest absolute Gasteiger partial charge is 0.334 e. The number of carbonyl (C=O) groups is 2. The second-order valence-electron chi connectivity index (χ2n) is 6.98. The van der Waals surface area contributed by atoms with Crippen molar-refractivity contribution in [3.05, 3.63) is 58.9 Å². The number of hydrogen-bond acceptors (Lipinski definition) is 3. The van der Waals surface area contributed by atoms with E-state index in [9.17, 15) is 14.0 Å². The molecular weight excluding hydrogens is 349 g/mol. The molecule has 0 radical (unpaired) electrons. The van der Waals surface area contributed by atoms with E-state index in [1.165, 1.54) is 17.0 Å². The van der Waals surface area contributed by atoms with Crippen molar-refractivity contribution in [1.82, 2.24) is 4.90 Å². The molecule has 1 aliphatic rings. The van der Waals surface area contributed by atoms with Gasteiger partial charge in [-0.3, -0.25) is 4.79 Å². The van der Waals surface area contributed by atoms with E-state index in [0.717, 1.165) is 16.7 Å². The van der Waals surface area contributed by atoms with Gasteiger partial charge in [-0.25, -0.2) is 9.18 Å². The Kier molecular flexibility index (Phi) is 5.28. The summed E-state index contributed by atoms with van der Waals surface area (Å²) in [5.41, 5.74) is 3.75. The van der Waals surface area contributed by atoms with Crippen molar-refractivity contribution < 1.29 is 23.8 Å². The molecule has 0 aliphatic carbocycles. The average Bonchev–Trinajstić information content (AvgIpc) is 2.62. The van der Waals surface area contributed by atoms with E-state index in [2.05, 4.69) is 0 Å². The maximum Gasteiger partial charge on any atom is 0.334 e. The largest absolute Gasteiger partial charge is 0.479 e. The summed E-state index contributed by atoms with van der Waals surface area (Å²) in [6, 6.07) is 10.4. The van der Waals surface area contributed by atoms with Crippen LogP contribution in [0.1, 0.15) is 28.4 Å². The number of carbonyl (C=O) groups excluding carboxylic acids is 1. The van der Waals surface area contributed by atoms with E-state index in [1.54, 1.807) is 13.0 Å². The quantitative estimate of drug-likeness (QED) is 0.898. The number of benzene rings is 2. The minimum Gasteiger partial charge on any atom is -0.479 e. The Labute approximate surface area is 157 Å². The normalized spacial score (nSPS) is 19.8. The first kappa shape index (κ1) is 19.0. The number of carboxylic acids is 1. The van der Waals surface area contributed by atoms with Gasteiger partial charge >= 0.3 is 5.97 Å². The van der Waals surface area contributed by atoms with Crippen LogP contribution >= 0.6 is 0 Å². The first-order valence-corrected chi connectivity index (χ1v) is 8.81. The molecule has 142 valence electrons. The Morgan fingerprint density at radius 3 is 2.37 bits per heavy atom. The third-order valence-corrected chi connectivity index (χ3v) is 4.86. The standard InChI is InChI=1S/C21H22FNO4/c1-12-4-5-15(8-13(12)2)16-6-7-17(18(22)9-16)20(24)23-10-14(3)27-19(11-23)21(25)26/h4-9,14,19H,10-11H2,1-3H3,(H,25,26)/t14-,19?/m1/s1. The second kappa shape index (κ2) is 7.48. The molecule has 2 atom stereocenters. The van der Waals surface area contributed by atoms with Crippen LogP contribution < -0.4 is 0 Å². The number of amides is 1. The fourth-order valence-corrected chi connectivity index (χ4v) is 3.21. The molecule has 5 nitrogen and oxygen atoms in total. The zero-order chi connectivity index (χ0) is 19.7. The van der Waals surface area contributed by atoms with Crippen molar-refractivity contribution in [2.24, 2.45) is 0 Å². The summed E-state index contributed by atoms with van der Waals surface area (Å²) in [6.07, 6.45) is -1.53. The molecule has 0 bridgehead atoms. The van der Waals surface area contributed by atoms with Crippen LogP contribution in [0.3, 0.4) is 0 Å². The van der Waals surface area contributed by atoms with Crippen LogP contribution in [0.2, 0.25) is 0 Å². The van der Waals surface area contributed by atoms with E-state index in [-0.39, 0.29) is 18.7 Å². The Bertz CT molecular complexity index is 896. The molecule has 1 N–H and O–H groups in total. The zero-order valence-corrected chi connectivity index (χ0v) is 15.5. The number of ether oxygens (including phenoxy) is 1. The summed E-state index contributed by atoms with van der Waals surface area (Å²) in [5.74, 6) is -2.29. The highest BCUT2D eigenvalue weighted by Gasteiger charge is 2.33. The molecule has 1 heterocycles. The summed E-state index contributed by atoms with van der Waals surface area (Å²) in [4.78, 5) is 25.2. The molecule has 27 heavy (non-hydrogen) atoms. The predicted molar refractivity (Wildman–Crippen MR) is 99.2 cm³/mol. The number of hydrogen-bond donors (Lipinski definition) is 1. The molecule has 1 saturated heterocycles. The number of aryl methyl sites for hydroxylation is 2. The molecule has 6 heteroatoms. The topological polar surface area (TPSA) is 66.8 Å². The van der Waals surface area contributed by atoms with Gasteiger partial charge in [-0.05, 0) is 55.2 Å². The van der Waals surface area contributed by atoms with Gasteiger partial charge in [0.2, 0.25) is 0 Å². The number of rotatable bonds is 3. The van der Waals surface area contributed by atoms with Gasteiger partial charge in [0.1, 0.15) is 5.82 Å². The average molecular weight is 371 g/mol. The van der Waals surface area contributed by atoms with Crippen LogP contribution in [0.5, 0.6) is 0 Å². The van der Waals surface area contributed by atoms with Crippen molar-refractivity contribution in [1.29, 1.82) is 0 Å². The maximum atomic E-state index is 14.7. The molecule has 3 rings (SSSR count). The molecule has 1 unspecified atom stereocenters. The number of nitrogens with zero attached hydrogens (tertiary/aromatic N) is 1. The lowest BCUT2D eigenvalue weighted by Gasteiger charge is -2.35. The zero-order valence-electron chi connectivity index (χ0n) is 15.5. The summed E-state index contributed by atoms with van der Waals surface area (Å²) in [5, 5.41) is 9.15. The summed E-state index contributed by atoms with van der Waals surface area (Å²) >= 11 is 0. The van der Waals surface area contributed by atoms with Gasteiger partial charge in [0.25, 0.3) is 5.91 Å². The molecule has 0 aromatic heterocycles. The second-order valence-corrected chi connectivity index (χ2v) is 6.98. The summed E-state index contributed by atoms with van der Waals surface area (Å²) in [6.45, 7) is 5.81. The molecular formula is C21H22FNO4. The molecule has 1 aliphatic heterocycles. The fourth-order valence-electron chi connectivity index (χ4n) is 3.21. The van der Waals surface area contributed by atoms with Crippen LogP contribution in [0.25, 0.3) is 11.1 Å². The molecule has 2 aromatic carbocycles. The molecule has 1 amide bonds. The number of halogens is 1. The predicted octanol–water partition coefficient (Wildman–Crippen LogP) is 3.42. The first-order valence-electron chi connectivity index (χ1n) is 8.81. The molecule has 2 aromatic rings. The van der Waals surface area contributed by atoms with Crippen LogP contribution in [-0.4, -0.2) is 47.2 Å². The van der Waals surface area contributed by atoms with Gasteiger partial charge in [-0.2, -0.15) is 0 Å². The van der Waals surface area contributed by atoms with Gasteiger partial charge in [0.15, 0.2) is 6.10 Å². The highest BCUT2D eigenvalue weighted by Crippen LogP contribution is 2.25. The Morgan fingerprint density at radius 2 is 1.74 bits per heavy atom. The number of morpholine rings is 1. The van der Waals surface area contributed by atoms with Crippen molar-refractivity contribution in [3.63, 3.8) is 0 Å².